The molecule has 0 spiro atoms. The van der Waals surface area contributed by atoms with Gasteiger partial charge >= 0.3 is 0 Å². The summed E-state index contributed by atoms with van der Waals surface area (Å²) in [7, 11) is 1.64. The number of thioether (sulfide) groups is 1. The molecular weight excluding hydrogens is 456 g/mol. The van der Waals surface area contributed by atoms with Gasteiger partial charge in [-0.3, -0.25) is 4.79 Å². The van der Waals surface area contributed by atoms with Gasteiger partial charge in [0.25, 0.3) is 0 Å². The van der Waals surface area contributed by atoms with E-state index in [0.29, 0.717) is 23.9 Å². The Balaban J connectivity index is 1.61. The van der Waals surface area contributed by atoms with Crippen molar-refractivity contribution >= 4 is 45.0 Å². The van der Waals surface area contributed by atoms with Crippen molar-refractivity contribution in [3.63, 3.8) is 0 Å². The van der Waals surface area contributed by atoms with Crippen molar-refractivity contribution in [2.75, 3.05) is 24.8 Å². The summed E-state index contributed by atoms with van der Waals surface area (Å²) < 4.78 is 14.3. The quantitative estimate of drug-likeness (QED) is 0.400. The summed E-state index contributed by atoms with van der Waals surface area (Å²) in [5, 5.41) is 8.51. The van der Waals surface area contributed by atoms with Crippen LogP contribution in [0.25, 0.3) is 15.3 Å². The standard InChI is InChI=1S/C24H24N4O3S2/c1-4-11-31-17-10-9-15(12-18(17)30-3)22-21-14(2)27-28(23(21)26-20(29)13-32-22)24-25-16-7-5-6-8-19(16)33-24/h5-10,12,22H,4,11,13H2,1-3H3,(H,26,29)/t22-/m1/s1. The molecule has 2 aromatic carbocycles. The number of para-hydroxylation sites is 1. The van der Waals surface area contributed by atoms with Crippen LogP contribution in [0.2, 0.25) is 0 Å². The van der Waals surface area contributed by atoms with Crippen LogP contribution in [0.3, 0.4) is 0 Å². The molecule has 9 heteroatoms. The van der Waals surface area contributed by atoms with E-state index >= 15 is 0 Å². The number of methoxy groups -OCH3 is 1. The Hall–Kier alpha value is -3.04. The molecule has 1 amide bonds. The van der Waals surface area contributed by atoms with Gasteiger partial charge in [0.15, 0.2) is 11.5 Å². The highest BCUT2D eigenvalue weighted by Gasteiger charge is 2.31. The third-order valence-electron chi connectivity index (χ3n) is 5.42. The Labute approximate surface area is 200 Å². The molecule has 0 saturated heterocycles. The van der Waals surface area contributed by atoms with Crippen molar-refractivity contribution in [3.05, 3.63) is 59.3 Å². The molecule has 1 N–H and O–H groups in total. The number of hydrogen-bond donors (Lipinski definition) is 1. The first kappa shape index (κ1) is 21.8. The van der Waals surface area contributed by atoms with Crippen LogP contribution in [-0.2, 0) is 4.79 Å². The number of hydrogen-bond acceptors (Lipinski definition) is 7. The minimum absolute atomic E-state index is 0.0547. The second kappa shape index (κ2) is 9.07. The van der Waals surface area contributed by atoms with Gasteiger partial charge in [-0.2, -0.15) is 9.78 Å². The molecule has 7 nitrogen and oxygen atoms in total. The molecule has 2 aromatic heterocycles. The van der Waals surface area contributed by atoms with Crippen LogP contribution in [0.15, 0.2) is 42.5 Å². The number of ether oxygens (including phenoxy) is 2. The van der Waals surface area contributed by atoms with Gasteiger partial charge in [0.1, 0.15) is 5.82 Å². The van der Waals surface area contributed by atoms with Gasteiger partial charge in [0.05, 0.1) is 40.6 Å². The van der Waals surface area contributed by atoms with Crippen molar-refractivity contribution in [1.29, 1.82) is 0 Å². The molecule has 170 valence electrons. The van der Waals surface area contributed by atoms with Gasteiger partial charge in [-0.05, 0) is 43.2 Å². The predicted octanol–water partition coefficient (Wildman–Crippen LogP) is 5.36. The molecule has 0 radical (unpaired) electrons. The number of fused-ring (bicyclic) bond motifs is 2. The zero-order valence-electron chi connectivity index (χ0n) is 18.6. The summed E-state index contributed by atoms with van der Waals surface area (Å²) in [6.07, 6.45) is 0.921. The lowest BCUT2D eigenvalue weighted by atomic mass is 10.0. The van der Waals surface area contributed by atoms with Gasteiger partial charge in [-0.25, -0.2) is 4.98 Å². The van der Waals surface area contributed by atoms with Crippen LogP contribution in [0.1, 0.15) is 35.4 Å². The zero-order chi connectivity index (χ0) is 22.9. The van der Waals surface area contributed by atoms with Crippen molar-refractivity contribution in [3.8, 4) is 16.6 Å². The van der Waals surface area contributed by atoms with E-state index in [0.717, 1.165) is 44.3 Å². The SMILES string of the molecule is CCCOc1ccc([C@H]2SCC(=O)Nc3c2c(C)nn3-c2nc3ccccc3s2)cc1OC. The monoisotopic (exact) mass is 480 g/mol. The van der Waals surface area contributed by atoms with Crippen molar-refractivity contribution in [1.82, 2.24) is 14.8 Å². The first-order valence-corrected chi connectivity index (χ1v) is 12.6. The number of nitrogens with zero attached hydrogens (tertiary/aromatic N) is 3. The zero-order valence-corrected chi connectivity index (χ0v) is 20.3. The predicted molar refractivity (Wildman–Crippen MR) is 133 cm³/mol. The molecule has 0 saturated carbocycles. The number of thiazole rings is 1. The van der Waals surface area contributed by atoms with Crippen LogP contribution < -0.4 is 14.8 Å². The molecule has 1 aliphatic rings. The van der Waals surface area contributed by atoms with Crippen LogP contribution >= 0.6 is 23.1 Å². The van der Waals surface area contributed by atoms with E-state index in [1.54, 1.807) is 34.9 Å². The largest absolute Gasteiger partial charge is 0.493 e. The molecule has 1 atom stereocenters. The number of amides is 1. The van der Waals surface area contributed by atoms with Crippen molar-refractivity contribution in [2.24, 2.45) is 0 Å². The lowest BCUT2D eigenvalue weighted by Gasteiger charge is -2.18. The summed E-state index contributed by atoms with van der Waals surface area (Å²) in [6.45, 7) is 4.68. The number of benzene rings is 2. The fourth-order valence-corrected chi connectivity index (χ4v) is 6.02. The van der Waals surface area contributed by atoms with Crippen LogP contribution in [-0.4, -0.2) is 40.1 Å². The van der Waals surface area contributed by atoms with Gasteiger partial charge in [0.2, 0.25) is 11.0 Å². The number of aryl methyl sites for hydroxylation is 1. The van der Waals surface area contributed by atoms with Crippen LogP contribution in [0.4, 0.5) is 5.82 Å². The maximum atomic E-state index is 12.6. The minimum atomic E-state index is -0.0868. The summed E-state index contributed by atoms with van der Waals surface area (Å²) in [4.78, 5) is 17.4. The smallest absolute Gasteiger partial charge is 0.235 e. The van der Waals surface area contributed by atoms with Gasteiger partial charge < -0.3 is 14.8 Å². The van der Waals surface area contributed by atoms with E-state index in [4.69, 9.17) is 19.6 Å². The average Bonchev–Trinajstić information content (AvgIpc) is 3.34. The third-order valence-corrected chi connectivity index (χ3v) is 7.71. The fraction of sp³-hybridized carbons (Fsp3) is 0.292. The normalized spacial score (nSPS) is 15.7. The van der Waals surface area contributed by atoms with E-state index in [1.807, 2.05) is 49.4 Å². The Morgan fingerprint density at radius 2 is 2.06 bits per heavy atom. The van der Waals surface area contributed by atoms with Crippen molar-refractivity contribution < 1.29 is 14.3 Å². The lowest BCUT2D eigenvalue weighted by molar-refractivity contribution is -0.113. The Morgan fingerprint density at radius 1 is 1.21 bits per heavy atom. The molecule has 3 heterocycles. The fourth-order valence-electron chi connectivity index (χ4n) is 3.91. The van der Waals surface area contributed by atoms with E-state index in [-0.39, 0.29) is 11.2 Å². The summed E-state index contributed by atoms with van der Waals surface area (Å²) in [6, 6.07) is 14.0. The molecule has 0 bridgehead atoms. The number of aromatic nitrogens is 3. The molecular formula is C24H24N4O3S2. The second-order valence-electron chi connectivity index (χ2n) is 7.72. The maximum absolute atomic E-state index is 12.6. The number of carbonyl (C=O) groups excluding carboxylic acids is 1. The van der Waals surface area contributed by atoms with E-state index in [1.165, 1.54) is 0 Å². The average molecular weight is 481 g/mol. The number of nitrogens with one attached hydrogen (secondary N) is 1. The molecule has 33 heavy (non-hydrogen) atoms. The second-order valence-corrected chi connectivity index (χ2v) is 9.82. The molecule has 0 fully saturated rings. The highest BCUT2D eigenvalue weighted by atomic mass is 32.2. The van der Waals surface area contributed by atoms with Crippen molar-refractivity contribution in [2.45, 2.75) is 25.5 Å². The minimum Gasteiger partial charge on any atom is -0.493 e. The van der Waals surface area contributed by atoms with E-state index in [9.17, 15) is 4.79 Å². The molecule has 5 rings (SSSR count). The number of carbonyl (C=O) groups is 1. The molecule has 4 aromatic rings. The Bertz CT molecular complexity index is 1300. The van der Waals surface area contributed by atoms with Crippen LogP contribution in [0.5, 0.6) is 11.5 Å². The molecule has 1 aliphatic heterocycles. The highest BCUT2D eigenvalue weighted by Crippen LogP contribution is 2.46. The summed E-state index contributed by atoms with van der Waals surface area (Å²) in [5.41, 5.74) is 3.78. The number of rotatable bonds is 6. The topological polar surface area (TPSA) is 78.3 Å². The Morgan fingerprint density at radius 3 is 2.85 bits per heavy atom. The summed E-state index contributed by atoms with van der Waals surface area (Å²) in [5.74, 6) is 2.37. The highest BCUT2D eigenvalue weighted by molar-refractivity contribution is 8.00. The van der Waals surface area contributed by atoms with Gasteiger partial charge in [-0.1, -0.05) is 36.5 Å². The van der Waals surface area contributed by atoms with Crippen LogP contribution in [0, 0.1) is 6.92 Å². The first-order valence-electron chi connectivity index (χ1n) is 10.8. The van der Waals surface area contributed by atoms with E-state index < -0.39 is 0 Å². The molecule has 0 aliphatic carbocycles. The third kappa shape index (κ3) is 4.06. The summed E-state index contributed by atoms with van der Waals surface area (Å²) >= 11 is 3.13. The van der Waals surface area contributed by atoms with Gasteiger partial charge in [-0.15, -0.1) is 11.8 Å². The first-order chi connectivity index (χ1) is 16.1. The lowest BCUT2D eigenvalue weighted by Crippen LogP contribution is -2.15. The van der Waals surface area contributed by atoms with E-state index in [2.05, 4.69) is 12.2 Å². The molecule has 0 unspecified atom stereocenters. The number of anilines is 1. The Kier molecular flexibility index (Phi) is 5.99. The van der Waals surface area contributed by atoms with Gasteiger partial charge in [0, 0.05) is 5.56 Å². The maximum Gasteiger partial charge on any atom is 0.235 e.